The molecule has 0 radical (unpaired) electrons. The summed E-state index contributed by atoms with van der Waals surface area (Å²) in [7, 11) is 2.64. The molecule has 0 amide bonds. The molecule has 0 aromatic heterocycles. The van der Waals surface area contributed by atoms with E-state index in [1.807, 2.05) is 4.90 Å². The number of nitrogens with zero attached hydrogens (tertiary/aromatic N) is 1. The molecule has 7 nitrogen and oxygen atoms in total. The highest BCUT2D eigenvalue weighted by Crippen LogP contribution is 1.97. The molecule has 0 saturated carbocycles. The Balaban J connectivity index is 4.09. The van der Waals surface area contributed by atoms with Gasteiger partial charge in [0, 0.05) is 26.6 Å². The van der Waals surface area contributed by atoms with Crippen molar-refractivity contribution in [2.75, 3.05) is 40.5 Å². The summed E-state index contributed by atoms with van der Waals surface area (Å²) in [5, 5.41) is 0. The molecule has 0 fully saturated rings. The lowest BCUT2D eigenvalue weighted by atomic mass is 10.3. The van der Waals surface area contributed by atoms with E-state index in [-0.39, 0.29) is 37.4 Å². The third-order valence-corrected chi connectivity index (χ3v) is 2.43. The van der Waals surface area contributed by atoms with E-state index in [4.69, 9.17) is 4.74 Å². The van der Waals surface area contributed by atoms with Crippen LogP contribution < -0.4 is 0 Å². The molecular weight excluding hydrogens is 254 g/mol. The third kappa shape index (κ3) is 10.0. The summed E-state index contributed by atoms with van der Waals surface area (Å²) in [4.78, 5) is 34.6. The van der Waals surface area contributed by atoms with Gasteiger partial charge in [0.05, 0.1) is 27.1 Å². The van der Waals surface area contributed by atoms with Gasteiger partial charge in [-0.1, -0.05) is 0 Å². The molecule has 19 heavy (non-hydrogen) atoms. The Hall–Kier alpha value is -1.63. The highest BCUT2D eigenvalue weighted by atomic mass is 16.5. The van der Waals surface area contributed by atoms with Gasteiger partial charge in [-0.25, -0.2) is 0 Å². The van der Waals surface area contributed by atoms with Crippen molar-refractivity contribution in [3.05, 3.63) is 0 Å². The fraction of sp³-hybridized carbons (Fsp3) is 0.750. The molecule has 0 unspecified atom stereocenters. The maximum atomic E-state index is 11.1. The maximum absolute atomic E-state index is 11.1. The molecule has 0 spiro atoms. The molecule has 0 rings (SSSR count). The summed E-state index contributed by atoms with van der Waals surface area (Å²) in [5.41, 5.74) is 0. The van der Waals surface area contributed by atoms with Crippen LogP contribution in [0.5, 0.6) is 0 Å². The zero-order chi connectivity index (χ0) is 14.7. The number of carbonyl (C=O) groups excluding carboxylic acids is 3. The Kier molecular flexibility index (Phi) is 9.42. The summed E-state index contributed by atoms with van der Waals surface area (Å²) in [6.07, 6.45) is 0.440. The van der Waals surface area contributed by atoms with Crippen molar-refractivity contribution in [2.24, 2.45) is 0 Å². The Morgan fingerprint density at radius 2 is 1.37 bits per heavy atom. The Morgan fingerprint density at radius 3 is 1.74 bits per heavy atom. The fourth-order valence-corrected chi connectivity index (χ4v) is 1.36. The van der Waals surface area contributed by atoms with Gasteiger partial charge in [-0.3, -0.25) is 19.3 Å². The molecule has 0 aromatic rings. The molecular formula is C12H21NO6. The highest BCUT2D eigenvalue weighted by Gasteiger charge is 2.11. The zero-order valence-corrected chi connectivity index (χ0v) is 11.6. The minimum Gasteiger partial charge on any atom is -0.469 e. The largest absolute Gasteiger partial charge is 0.469 e. The van der Waals surface area contributed by atoms with Crippen molar-refractivity contribution in [1.82, 2.24) is 4.90 Å². The van der Waals surface area contributed by atoms with E-state index >= 15 is 0 Å². The summed E-state index contributed by atoms with van der Waals surface area (Å²) >= 11 is 0. The monoisotopic (exact) mass is 275 g/mol. The maximum Gasteiger partial charge on any atom is 0.306 e. The molecule has 0 aliphatic carbocycles. The molecule has 0 aromatic carbocycles. The van der Waals surface area contributed by atoms with Crippen molar-refractivity contribution >= 4 is 17.9 Å². The molecule has 0 bridgehead atoms. The van der Waals surface area contributed by atoms with Gasteiger partial charge in [-0.2, -0.15) is 0 Å². The highest BCUT2D eigenvalue weighted by molar-refractivity contribution is 5.70. The second kappa shape index (κ2) is 10.3. The van der Waals surface area contributed by atoms with E-state index in [9.17, 15) is 14.4 Å². The van der Waals surface area contributed by atoms with Gasteiger partial charge in [0.25, 0.3) is 0 Å². The lowest BCUT2D eigenvalue weighted by Gasteiger charge is -2.20. The van der Waals surface area contributed by atoms with Crippen molar-refractivity contribution in [1.29, 1.82) is 0 Å². The van der Waals surface area contributed by atoms with Gasteiger partial charge >= 0.3 is 17.9 Å². The number of hydrogen-bond acceptors (Lipinski definition) is 7. The lowest BCUT2D eigenvalue weighted by molar-refractivity contribution is -0.144. The summed E-state index contributed by atoms with van der Waals surface area (Å²) in [6, 6.07) is 0. The number of hydrogen-bond donors (Lipinski definition) is 0. The average Bonchev–Trinajstić information content (AvgIpc) is 2.39. The van der Waals surface area contributed by atoms with Crippen LogP contribution in [-0.2, 0) is 28.6 Å². The molecule has 0 N–H and O–H groups in total. The average molecular weight is 275 g/mol. The molecule has 0 atom stereocenters. The zero-order valence-electron chi connectivity index (χ0n) is 11.6. The second-order valence-corrected chi connectivity index (χ2v) is 3.83. The third-order valence-electron chi connectivity index (χ3n) is 2.43. The first-order valence-electron chi connectivity index (χ1n) is 5.99. The molecule has 0 aliphatic rings. The molecule has 0 heterocycles. The minimum atomic E-state index is -0.360. The summed E-state index contributed by atoms with van der Waals surface area (Å²) < 4.78 is 13.9. The van der Waals surface area contributed by atoms with Crippen LogP contribution >= 0.6 is 0 Å². The van der Waals surface area contributed by atoms with Gasteiger partial charge in [0.1, 0.15) is 6.61 Å². The Labute approximate surface area is 112 Å². The number of methoxy groups -OCH3 is 2. The Bertz CT molecular complexity index is 285. The number of ether oxygens (including phenoxy) is 3. The topological polar surface area (TPSA) is 82.1 Å². The summed E-state index contributed by atoms with van der Waals surface area (Å²) in [6.45, 7) is 2.87. The van der Waals surface area contributed by atoms with Gasteiger partial charge in [-0.05, 0) is 0 Å². The van der Waals surface area contributed by atoms with Gasteiger partial charge < -0.3 is 14.2 Å². The van der Waals surface area contributed by atoms with Gasteiger partial charge in [0.2, 0.25) is 0 Å². The molecule has 110 valence electrons. The van der Waals surface area contributed by atoms with Crippen molar-refractivity contribution in [3.63, 3.8) is 0 Å². The predicted octanol–water partition coefficient (Wildman–Crippen LogP) is -0.0223. The van der Waals surface area contributed by atoms with Crippen LogP contribution in [0.15, 0.2) is 0 Å². The smallest absolute Gasteiger partial charge is 0.306 e. The number of carbonyl (C=O) groups is 3. The van der Waals surface area contributed by atoms with E-state index in [1.54, 1.807) is 0 Å². The standard InChI is InChI=1S/C12H21NO6/c1-10(14)19-9-8-13(6-4-11(15)17-2)7-5-12(16)18-3/h4-9H2,1-3H3. The van der Waals surface area contributed by atoms with E-state index in [0.717, 1.165) is 0 Å². The lowest BCUT2D eigenvalue weighted by Crippen LogP contribution is -2.32. The van der Waals surface area contributed by atoms with E-state index < -0.39 is 0 Å². The number of esters is 3. The summed E-state index contributed by atoms with van der Waals surface area (Å²) in [5.74, 6) is -1.01. The van der Waals surface area contributed by atoms with E-state index in [2.05, 4.69) is 9.47 Å². The van der Waals surface area contributed by atoms with Crippen LogP contribution in [0, 0.1) is 0 Å². The van der Waals surface area contributed by atoms with Gasteiger partial charge in [0.15, 0.2) is 0 Å². The quantitative estimate of drug-likeness (QED) is 0.432. The van der Waals surface area contributed by atoms with E-state index in [1.165, 1.54) is 21.1 Å². The van der Waals surface area contributed by atoms with Crippen molar-refractivity contribution in [2.45, 2.75) is 19.8 Å². The van der Waals surface area contributed by atoms with E-state index in [0.29, 0.717) is 19.6 Å². The van der Waals surface area contributed by atoms with Gasteiger partial charge in [-0.15, -0.1) is 0 Å². The van der Waals surface area contributed by atoms with Crippen LogP contribution in [0.25, 0.3) is 0 Å². The first-order valence-corrected chi connectivity index (χ1v) is 5.99. The first-order chi connectivity index (χ1) is 8.99. The predicted molar refractivity (Wildman–Crippen MR) is 66.3 cm³/mol. The molecule has 7 heteroatoms. The normalized spacial score (nSPS) is 10.1. The van der Waals surface area contributed by atoms with Crippen LogP contribution in [0.3, 0.4) is 0 Å². The first kappa shape index (κ1) is 17.4. The van der Waals surface area contributed by atoms with Crippen molar-refractivity contribution < 1.29 is 28.6 Å². The Morgan fingerprint density at radius 1 is 0.895 bits per heavy atom. The van der Waals surface area contributed by atoms with Crippen molar-refractivity contribution in [3.8, 4) is 0 Å². The fourth-order valence-electron chi connectivity index (χ4n) is 1.36. The van der Waals surface area contributed by atoms with Crippen LogP contribution in [-0.4, -0.2) is 63.3 Å². The SMILES string of the molecule is COC(=O)CCN(CCOC(C)=O)CCC(=O)OC. The second-order valence-electron chi connectivity index (χ2n) is 3.83. The van der Waals surface area contributed by atoms with Crippen LogP contribution in [0.2, 0.25) is 0 Å². The molecule has 0 aliphatic heterocycles. The minimum absolute atomic E-state index is 0.220. The molecule has 0 saturated heterocycles. The van der Waals surface area contributed by atoms with Crippen LogP contribution in [0.1, 0.15) is 19.8 Å². The number of rotatable bonds is 9. The van der Waals surface area contributed by atoms with Crippen LogP contribution in [0.4, 0.5) is 0 Å².